The second kappa shape index (κ2) is 3.62. The zero-order chi connectivity index (χ0) is 8.15. The van der Waals surface area contributed by atoms with E-state index in [2.05, 4.69) is 5.73 Å². The van der Waals surface area contributed by atoms with Gasteiger partial charge in [0.25, 0.3) is 0 Å². The Hall–Kier alpha value is -1.36. The summed E-state index contributed by atoms with van der Waals surface area (Å²) in [4.78, 5) is 20.1. The topological polar surface area (TPSA) is 101 Å². The van der Waals surface area contributed by atoms with Gasteiger partial charge in [-0.3, -0.25) is 4.79 Å². The molecule has 0 aromatic carbocycles. The molecule has 5 heteroatoms. The number of aliphatic carboxylic acids is 1. The van der Waals surface area contributed by atoms with E-state index in [9.17, 15) is 9.59 Å². The van der Waals surface area contributed by atoms with Gasteiger partial charge in [0.1, 0.15) is 0 Å². The fourth-order valence-corrected chi connectivity index (χ4v) is 0.344. The summed E-state index contributed by atoms with van der Waals surface area (Å²) in [5, 5.41) is 16.4. The standard InChI is InChI=1S/C5H7NO4/c6-5(10)3(2-7)1-4(8)9/h1,7H,2H2,(H2,6,10)(H,8,9)/b3-1-. The molecule has 0 aliphatic carbocycles. The summed E-state index contributed by atoms with van der Waals surface area (Å²) in [6.07, 6.45) is 0.572. The minimum absolute atomic E-state index is 0.312. The molecular weight excluding hydrogens is 138 g/mol. The Morgan fingerprint density at radius 3 is 2.10 bits per heavy atom. The number of carboxylic acids is 1. The molecule has 0 bridgehead atoms. The highest BCUT2D eigenvalue weighted by Gasteiger charge is 2.04. The van der Waals surface area contributed by atoms with Crippen LogP contribution in [0.5, 0.6) is 0 Å². The Bertz CT molecular complexity index is 184. The van der Waals surface area contributed by atoms with Crippen molar-refractivity contribution in [1.29, 1.82) is 0 Å². The number of aliphatic hydroxyl groups excluding tert-OH is 1. The molecule has 0 spiro atoms. The van der Waals surface area contributed by atoms with Gasteiger partial charge >= 0.3 is 5.97 Å². The maximum absolute atomic E-state index is 10.2. The van der Waals surface area contributed by atoms with Crippen LogP contribution in [0.15, 0.2) is 11.6 Å². The van der Waals surface area contributed by atoms with Crippen LogP contribution < -0.4 is 5.73 Å². The Morgan fingerprint density at radius 2 is 2.00 bits per heavy atom. The zero-order valence-corrected chi connectivity index (χ0v) is 5.07. The van der Waals surface area contributed by atoms with Crippen molar-refractivity contribution >= 4 is 11.9 Å². The smallest absolute Gasteiger partial charge is 0.328 e. The number of primary amides is 1. The van der Waals surface area contributed by atoms with Gasteiger partial charge in [-0.2, -0.15) is 0 Å². The lowest BCUT2D eigenvalue weighted by Crippen LogP contribution is -2.17. The summed E-state index contributed by atoms with van der Waals surface area (Å²) in [6.45, 7) is -0.651. The number of carboxylic acid groups (broad SMARTS) is 1. The molecule has 10 heavy (non-hydrogen) atoms. The number of nitrogens with two attached hydrogens (primary N) is 1. The molecular formula is C5H7NO4. The van der Waals surface area contributed by atoms with Gasteiger partial charge < -0.3 is 15.9 Å². The number of hydrogen-bond donors (Lipinski definition) is 3. The summed E-state index contributed by atoms with van der Waals surface area (Å²) < 4.78 is 0. The molecule has 0 saturated carbocycles. The summed E-state index contributed by atoms with van der Waals surface area (Å²) >= 11 is 0. The second-order valence-corrected chi connectivity index (χ2v) is 1.53. The average Bonchev–Trinajstić information content (AvgIpc) is 1.81. The van der Waals surface area contributed by atoms with Gasteiger partial charge in [-0.25, -0.2) is 4.79 Å². The van der Waals surface area contributed by atoms with Crippen molar-refractivity contribution in [1.82, 2.24) is 0 Å². The number of hydrogen-bond acceptors (Lipinski definition) is 3. The fraction of sp³-hybridized carbons (Fsp3) is 0.200. The molecule has 0 atom stereocenters. The quantitative estimate of drug-likeness (QED) is 0.419. The van der Waals surface area contributed by atoms with E-state index in [1.54, 1.807) is 0 Å². The second-order valence-electron chi connectivity index (χ2n) is 1.53. The highest BCUT2D eigenvalue weighted by molar-refractivity contribution is 5.98. The van der Waals surface area contributed by atoms with Crippen molar-refractivity contribution in [3.63, 3.8) is 0 Å². The van der Waals surface area contributed by atoms with Crippen molar-refractivity contribution in [2.75, 3.05) is 6.61 Å². The van der Waals surface area contributed by atoms with Crippen molar-refractivity contribution in [2.24, 2.45) is 5.73 Å². The van der Waals surface area contributed by atoms with E-state index in [-0.39, 0.29) is 5.57 Å². The summed E-state index contributed by atoms with van der Waals surface area (Å²) in [6, 6.07) is 0. The third-order valence-corrected chi connectivity index (χ3v) is 0.785. The van der Waals surface area contributed by atoms with Gasteiger partial charge in [-0.15, -0.1) is 0 Å². The van der Waals surface area contributed by atoms with Crippen LogP contribution in [0.4, 0.5) is 0 Å². The Labute approximate surface area is 56.8 Å². The minimum atomic E-state index is -1.30. The van der Waals surface area contributed by atoms with E-state index in [1.165, 1.54) is 0 Å². The zero-order valence-electron chi connectivity index (χ0n) is 5.07. The third-order valence-electron chi connectivity index (χ3n) is 0.785. The molecule has 0 heterocycles. The van der Waals surface area contributed by atoms with Gasteiger partial charge in [0.05, 0.1) is 6.61 Å². The third kappa shape index (κ3) is 2.83. The predicted octanol–water partition coefficient (Wildman–Crippen LogP) is -1.53. The Morgan fingerprint density at radius 1 is 1.50 bits per heavy atom. The highest BCUT2D eigenvalue weighted by Crippen LogP contribution is 1.89. The summed E-state index contributed by atoms with van der Waals surface area (Å²) in [7, 11) is 0. The van der Waals surface area contributed by atoms with E-state index in [0.717, 1.165) is 0 Å². The maximum Gasteiger partial charge on any atom is 0.328 e. The number of aliphatic hydroxyl groups is 1. The number of amides is 1. The molecule has 0 aromatic rings. The van der Waals surface area contributed by atoms with Gasteiger partial charge in [-0.05, 0) is 0 Å². The molecule has 0 aliphatic rings. The first-order chi connectivity index (χ1) is 4.57. The molecule has 1 amide bonds. The van der Waals surface area contributed by atoms with E-state index < -0.39 is 18.5 Å². The minimum Gasteiger partial charge on any atom is -0.478 e. The van der Waals surface area contributed by atoms with Crippen LogP contribution in [0.2, 0.25) is 0 Å². The lowest BCUT2D eigenvalue weighted by molar-refractivity contribution is -0.131. The number of carbonyl (C=O) groups excluding carboxylic acids is 1. The highest BCUT2D eigenvalue weighted by atomic mass is 16.4. The van der Waals surface area contributed by atoms with E-state index in [1.807, 2.05) is 0 Å². The van der Waals surface area contributed by atoms with E-state index in [0.29, 0.717) is 6.08 Å². The van der Waals surface area contributed by atoms with Crippen LogP contribution in [0.25, 0.3) is 0 Å². The molecule has 0 aliphatic heterocycles. The van der Waals surface area contributed by atoms with Crippen LogP contribution in [0.3, 0.4) is 0 Å². The molecule has 56 valence electrons. The summed E-state index contributed by atoms with van der Waals surface area (Å²) in [5.74, 6) is -2.23. The molecule has 0 saturated heterocycles. The van der Waals surface area contributed by atoms with Gasteiger partial charge in [0, 0.05) is 11.6 Å². The number of carbonyl (C=O) groups is 2. The van der Waals surface area contributed by atoms with Crippen LogP contribution in [-0.4, -0.2) is 28.7 Å². The first-order valence-corrected chi connectivity index (χ1v) is 2.42. The molecule has 0 radical (unpaired) electrons. The fourth-order valence-electron chi connectivity index (χ4n) is 0.344. The molecule has 0 aromatic heterocycles. The normalized spacial score (nSPS) is 11.1. The Balaban J connectivity index is 4.34. The molecule has 4 N–H and O–H groups in total. The molecule has 0 unspecified atom stereocenters. The van der Waals surface area contributed by atoms with Crippen molar-refractivity contribution < 1.29 is 19.8 Å². The van der Waals surface area contributed by atoms with Gasteiger partial charge in [0.2, 0.25) is 5.91 Å². The maximum atomic E-state index is 10.2. The average molecular weight is 145 g/mol. The van der Waals surface area contributed by atoms with Crippen LogP contribution >= 0.6 is 0 Å². The lowest BCUT2D eigenvalue weighted by atomic mass is 10.2. The first kappa shape index (κ1) is 8.64. The van der Waals surface area contributed by atoms with Crippen molar-refractivity contribution in [2.45, 2.75) is 0 Å². The largest absolute Gasteiger partial charge is 0.478 e. The van der Waals surface area contributed by atoms with E-state index >= 15 is 0 Å². The van der Waals surface area contributed by atoms with Gasteiger partial charge in [0.15, 0.2) is 0 Å². The van der Waals surface area contributed by atoms with Crippen LogP contribution in [0.1, 0.15) is 0 Å². The van der Waals surface area contributed by atoms with Gasteiger partial charge in [-0.1, -0.05) is 0 Å². The van der Waals surface area contributed by atoms with E-state index in [4.69, 9.17) is 10.2 Å². The van der Waals surface area contributed by atoms with Crippen LogP contribution in [0, 0.1) is 0 Å². The lowest BCUT2D eigenvalue weighted by Gasteiger charge is -1.93. The monoisotopic (exact) mass is 145 g/mol. The Kier molecular flexibility index (Phi) is 3.13. The van der Waals surface area contributed by atoms with Crippen molar-refractivity contribution in [3.8, 4) is 0 Å². The number of rotatable bonds is 3. The van der Waals surface area contributed by atoms with Crippen LogP contribution in [-0.2, 0) is 9.59 Å². The predicted molar refractivity (Wildman–Crippen MR) is 32.0 cm³/mol. The first-order valence-electron chi connectivity index (χ1n) is 2.42. The SMILES string of the molecule is NC(=O)/C(=C\C(=O)O)CO. The summed E-state index contributed by atoms with van der Waals surface area (Å²) in [5.41, 5.74) is 4.35. The molecule has 0 rings (SSSR count). The molecule has 0 fully saturated rings. The molecule has 5 nitrogen and oxygen atoms in total. The van der Waals surface area contributed by atoms with Crippen molar-refractivity contribution in [3.05, 3.63) is 11.6 Å².